The van der Waals surface area contributed by atoms with Gasteiger partial charge in [-0.3, -0.25) is 9.59 Å². The molecule has 0 saturated carbocycles. The molecule has 1 saturated heterocycles. The molecule has 204 valence electrons. The molecule has 1 fully saturated rings. The van der Waals surface area contributed by atoms with Crippen LogP contribution in [0, 0.1) is 0 Å². The van der Waals surface area contributed by atoms with Crippen LogP contribution >= 0.6 is 0 Å². The van der Waals surface area contributed by atoms with Crippen molar-refractivity contribution in [1.82, 2.24) is 25.7 Å². The molecule has 2 rings (SSSR count). The van der Waals surface area contributed by atoms with Gasteiger partial charge in [-0.05, 0) is 51.7 Å². The Kier molecular flexibility index (Phi) is 11.2. The molecule has 0 aliphatic carbocycles. The van der Waals surface area contributed by atoms with Gasteiger partial charge in [0.2, 0.25) is 5.88 Å². The van der Waals surface area contributed by atoms with E-state index in [-0.39, 0.29) is 30.1 Å². The second-order valence-corrected chi connectivity index (χ2v) is 9.29. The lowest BCUT2D eigenvalue weighted by Crippen LogP contribution is -2.33. The van der Waals surface area contributed by atoms with E-state index in [1.54, 1.807) is 38.8 Å². The number of methoxy groups -OCH3 is 2. The number of hydrogen-bond acceptors (Lipinski definition) is 10. The third kappa shape index (κ3) is 10.4. The maximum Gasteiger partial charge on any atom is 0.407 e. The van der Waals surface area contributed by atoms with Gasteiger partial charge >= 0.3 is 12.1 Å². The van der Waals surface area contributed by atoms with E-state index < -0.39 is 17.7 Å². The number of hydrogen-bond donors (Lipinski definition) is 3. The third-order valence-corrected chi connectivity index (χ3v) is 5.18. The van der Waals surface area contributed by atoms with Gasteiger partial charge in [-0.1, -0.05) is 0 Å². The van der Waals surface area contributed by atoms with E-state index in [9.17, 15) is 14.4 Å². The van der Waals surface area contributed by atoms with Crippen molar-refractivity contribution in [2.75, 3.05) is 40.4 Å². The highest BCUT2D eigenvalue weighted by Crippen LogP contribution is 2.16. The first kappa shape index (κ1) is 29.5. The molecule has 1 aromatic rings. The molecule has 1 unspecified atom stereocenters. The van der Waals surface area contributed by atoms with Crippen molar-refractivity contribution in [2.24, 2.45) is 4.99 Å². The van der Waals surface area contributed by atoms with Crippen LogP contribution in [0.3, 0.4) is 0 Å². The Bertz CT molecular complexity index is 1010. The summed E-state index contributed by atoms with van der Waals surface area (Å²) in [5.41, 5.74) is 0.715. The monoisotopic (exact) mass is 520 g/mol. The first-order valence-corrected chi connectivity index (χ1v) is 11.9. The number of carboxylic acid groups (broad SMARTS) is 1. The number of likely N-dealkylation sites (tertiary alicyclic amines) is 1. The summed E-state index contributed by atoms with van der Waals surface area (Å²) in [6.07, 6.45) is 4.00. The minimum absolute atomic E-state index is 0.00398. The SMILES string of the molecule is COC(=CNCC(=O)O)N=Cc1nnc(C(=O)N2CCC(OC)C2)cc1CCCNC(=O)OC(C)(C)C. The first-order chi connectivity index (χ1) is 17.5. The highest BCUT2D eigenvalue weighted by Gasteiger charge is 2.28. The molecule has 37 heavy (non-hydrogen) atoms. The van der Waals surface area contributed by atoms with Crippen molar-refractivity contribution >= 4 is 24.2 Å². The molecule has 1 aromatic heterocycles. The highest BCUT2D eigenvalue weighted by atomic mass is 16.6. The van der Waals surface area contributed by atoms with Crippen LogP contribution in [0.15, 0.2) is 23.1 Å². The molecule has 1 aliphatic rings. The van der Waals surface area contributed by atoms with Gasteiger partial charge in [-0.2, -0.15) is 0 Å². The average Bonchev–Trinajstić information content (AvgIpc) is 3.32. The maximum absolute atomic E-state index is 13.0. The van der Waals surface area contributed by atoms with Crippen molar-refractivity contribution in [3.05, 3.63) is 35.1 Å². The standard InChI is InChI=1S/C24H36N6O7/c1-24(2,3)37-23(34)26-9-6-7-16-11-18(22(33)30-10-8-17(15-30)35-4)28-29-19(16)12-27-20(36-5)13-25-14-21(31)32/h11-13,17,25H,6-10,14-15H2,1-5H3,(H,26,34)(H,31,32). The quantitative estimate of drug-likeness (QED) is 0.208. The molecule has 13 heteroatoms. The Labute approximate surface area is 216 Å². The lowest BCUT2D eigenvalue weighted by atomic mass is 10.1. The number of rotatable bonds is 12. The highest BCUT2D eigenvalue weighted by molar-refractivity contribution is 5.93. The smallest absolute Gasteiger partial charge is 0.407 e. The van der Waals surface area contributed by atoms with Gasteiger partial charge in [-0.25, -0.2) is 9.79 Å². The minimum Gasteiger partial charge on any atom is -0.480 e. The average molecular weight is 521 g/mol. The number of carbonyl (C=O) groups excluding carboxylic acids is 2. The van der Waals surface area contributed by atoms with Crippen LogP contribution < -0.4 is 10.6 Å². The van der Waals surface area contributed by atoms with Gasteiger partial charge in [0.1, 0.15) is 17.8 Å². The largest absolute Gasteiger partial charge is 0.480 e. The van der Waals surface area contributed by atoms with E-state index in [1.807, 2.05) is 0 Å². The van der Waals surface area contributed by atoms with E-state index in [1.165, 1.54) is 19.5 Å². The molecular formula is C24H36N6O7. The number of ether oxygens (including phenoxy) is 3. The van der Waals surface area contributed by atoms with Crippen LogP contribution in [0.2, 0.25) is 0 Å². The molecule has 2 amide bonds. The molecule has 0 radical (unpaired) electrons. The molecule has 0 aromatic carbocycles. The topological polar surface area (TPSA) is 165 Å². The van der Waals surface area contributed by atoms with Crippen molar-refractivity contribution in [3.8, 4) is 0 Å². The maximum atomic E-state index is 13.0. The summed E-state index contributed by atoms with van der Waals surface area (Å²) in [5.74, 6) is -1.14. The third-order valence-electron chi connectivity index (χ3n) is 5.18. The van der Waals surface area contributed by atoms with Gasteiger partial charge in [0.15, 0.2) is 5.69 Å². The summed E-state index contributed by atoms with van der Waals surface area (Å²) in [7, 11) is 3.02. The van der Waals surface area contributed by atoms with Crippen LogP contribution in [-0.2, 0) is 25.4 Å². The Morgan fingerprint density at radius 2 is 2.03 bits per heavy atom. The zero-order chi connectivity index (χ0) is 27.4. The number of aryl methyl sites for hydroxylation is 1. The summed E-state index contributed by atoms with van der Waals surface area (Å²) in [4.78, 5) is 41.5. The molecule has 0 bridgehead atoms. The fourth-order valence-corrected chi connectivity index (χ4v) is 3.40. The van der Waals surface area contributed by atoms with Gasteiger partial charge in [0, 0.05) is 26.7 Å². The molecule has 1 atom stereocenters. The van der Waals surface area contributed by atoms with Gasteiger partial charge in [-0.15, -0.1) is 10.2 Å². The summed E-state index contributed by atoms with van der Waals surface area (Å²) >= 11 is 0. The Balaban J connectivity index is 2.17. The van der Waals surface area contributed by atoms with E-state index in [4.69, 9.17) is 19.3 Å². The molecule has 2 heterocycles. The number of carbonyl (C=O) groups is 3. The molecule has 0 spiro atoms. The predicted molar refractivity (Wildman–Crippen MR) is 134 cm³/mol. The number of alkyl carbamates (subject to hydrolysis) is 1. The number of nitrogens with zero attached hydrogens (tertiary/aromatic N) is 4. The van der Waals surface area contributed by atoms with Crippen LogP contribution in [0.1, 0.15) is 55.4 Å². The summed E-state index contributed by atoms with van der Waals surface area (Å²) in [5, 5.41) is 22.3. The number of aliphatic imine (C=N–C) groups is 1. The summed E-state index contributed by atoms with van der Waals surface area (Å²) in [6, 6.07) is 1.67. The first-order valence-electron chi connectivity index (χ1n) is 11.9. The van der Waals surface area contributed by atoms with E-state index in [0.717, 1.165) is 6.42 Å². The van der Waals surface area contributed by atoms with Gasteiger partial charge in [0.05, 0.1) is 25.6 Å². The molecular weight excluding hydrogens is 484 g/mol. The Hall–Kier alpha value is -3.74. The van der Waals surface area contributed by atoms with Gasteiger partial charge in [0.25, 0.3) is 5.91 Å². The minimum atomic E-state index is -1.03. The zero-order valence-electron chi connectivity index (χ0n) is 21.9. The predicted octanol–water partition coefficient (Wildman–Crippen LogP) is 1.33. The van der Waals surface area contributed by atoms with E-state index in [0.29, 0.717) is 43.7 Å². The van der Waals surface area contributed by atoms with Crippen LogP contribution in [-0.4, -0.2) is 96.5 Å². The van der Waals surface area contributed by atoms with Crippen LogP contribution in [0.5, 0.6) is 0 Å². The Morgan fingerprint density at radius 1 is 1.27 bits per heavy atom. The van der Waals surface area contributed by atoms with Crippen molar-refractivity contribution in [3.63, 3.8) is 0 Å². The summed E-state index contributed by atoms with van der Waals surface area (Å²) in [6.45, 7) is 6.47. The number of aliphatic carboxylic acids is 1. The van der Waals surface area contributed by atoms with E-state index in [2.05, 4.69) is 25.8 Å². The fraction of sp³-hybridized carbons (Fsp3) is 0.583. The second kappa shape index (κ2) is 14.1. The normalized spacial score (nSPS) is 16.1. The lowest BCUT2D eigenvalue weighted by Gasteiger charge is -2.19. The zero-order valence-corrected chi connectivity index (χ0v) is 21.9. The van der Waals surface area contributed by atoms with Crippen molar-refractivity contribution < 1.29 is 33.7 Å². The summed E-state index contributed by atoms with van der Waals surface area (Å²) < 4.78 is 15.7. The second-order valence-electron chi connectivity index (χ2n) is 9.29. The number of amides is 2. The molecule has 1 aliphatic heterocycles. The van der Waals surface area contributed by atoms with Crippen LogP contribution in [0.4, 0.5) is 4.79 Å². The number of nitrogens with one attached hydrogen (secondary N) is 2. The van der Waals surface area contributed by atoms with Crippen molar-refractivity contribution in [1.29, 1.82) is 0 Å². The number of carboxylic acids is 1. The molecule has 13 nitrogen and oxygen atoms in total. The lowest BCUT2D eigenvalue weighted by molar-refractivity contribution is -0.135. The van der Waals surface area contributed by atoms with Crippen LogP contribution in [0.25, 0.3) is 0 Å². The van der Waals surface area contributed by atoms with Crippen molar-refractivity contribution in [2.45, 2.75) is 51.7 Å². The fourth-order valence-electron chi connectivity index (χ4n) is 3.40. The Morgan fingerprint density at radius 3 is 2.65 bits per heavy atom. The van der Waals surface area contributed by atoms with E-state index >= 15 is 0 Å². The molecule has 3 N–H and O–H groups in total. The van der Waals surface area contributed by atoms with Gasteiger partial charge < -0.3 is 34.9 Å². The number of aromatic nitrogens is 2.